The van der Waals surface area contributed by atoms with E-state index in [0.717, 1.165) is 11.5 Å². The van der Waals surface area contributed by atoms with Crippen molar-refractivity contribution in [2.75, 3.05) is 0 Å². The second kappa shape index (κ2) is 3.50. The van der Waals surface area contributed by atoms with Gasteiger partial charge in [-0.25, -0.2) is 0 Å². The number of allylic oxidation sites excluding steroid dienone is 2. The average molecular weight is 312 g/mol. The van der Waals surface area contributed by atoms with Crippen LogP contribution < -0.4 is 0 Å². The molecule has 6 heteroatoms. The zero-order valence-corrected chi connectivity index (χ0v) is 14.0. The fraction of sp³-hybridized carbons (Fsp3) is 0.667. The minimum atomic E-state index is -3.78. The monoisotopic (exact) mass is 311 g/mol. The predicted molar refractivity (Wildman–Crippen MR) is 77.7 cm³/mol. The second-order valence-electron chi connectivity index (χ2n) is 6.78. The van der Waals surface area contributed by atoms with E-state index in [1.807, 2.05) is 53.9 Å². The Hall–Kier alpha value is -0.110. The first kappa shape index (κ1) is 14.3. The standard InChI is InChI=1S/C12H20Cl2NO2P/c1-11(2,3)9-7-15-8-10(12(4,5)6)17-18(15,13,14)16-9/h7-8H,1-6H3. The Morgan fingerprint density at radius 1 is 0.889 bits per heavy atom. The molecule has 0 N–H and O–H groups in total. The van der Waals surface area contributed by atoms with Crippen LogP contribution in [0.2, 0.25) is 0 Å². The minimum absolute atomic E-state index is 0.155. The summed E-state index contributed by atoms with van der Waals surface area (Å²) in [4.78, 5) is 0. The van der Waals surface area contributed by atoms with Gasteiger partial charge in [-0.2, -0.15) is 0 Å². The zero-order chi connectivity index (χ0) is 14.0. The van der Waals surface area contributed by atoms with E-state index in [-0.39, 0.29) is 10.8 Å². The molecule has 0 unspecified atom stereocenters. The van der Waals surface area contributed by atoms with Crippen molar-refractivity contribution in [3.63, 3.8) is 0 Å². The van der Waals surface area contributed by atoms with Gasteiger partial charge in [0.25, 0.3) is 0 Å². The van der Waals surface area contributed by atoms with Gasteiger partial charge in [0.2, 0.25) is 0 Å². The van der Waals surface area contributed by atoms with Crippen molar-refractivity contribution in [1.29, 1.82) is 0 Å². The summed E-state index contributed by atoms with van der Waals surface area (Å²) < 4.78 is 13.4. The number of fused-ring (bicyclic) bond motifs is 1. The van der Waals surface area contributed by atoms with Crippen LogP contribution in [0.4, 0.5) is 0 Å². The number of rotatable bonds is 0. The van der Waals surface area contributed by atoms with Gasteiger partial charge in [-0.3, -0.25) is 0 Å². The molecule has 0 amide bonds. The van der Waals surface area contributed by atoms with Crippen molar-refractivity contribution in [2.45, 2.75) is 41.5 Å². The Balaban J connectivity index is 2.39. The van der Waals surface area contributed by atoms with Crippen molar-refractivity contribution in [2.24, 2.45) is 10.8 Å². The van der Waals surface area contributed by atoms with Crippen LogP contribution in [0.3, 0.4) is 0 Å². The molecule has 3 nitrogen and oxygen atoms in total. The first-order chi connectivity index (χ1) is 7.81. The van der Waals surface area contributed by atoms with Crippen molar-refractivity contribution < 1.29 is 9.05 Å². The Bertz CT molecular complexity index is 420. The molecule has 2 rings (SSSR count). The van der Waals surface area contributed by atoms with Gasteiger partial charge in [-0.05, 0) is 0 Å². The van der Waals surface area contributed by atoms with Gasteiger partial charge in [0.05, 0.1) is 0 Å². The molecule has 0 aromatic heterocycles. The van der Waals surface area contributed by atoms with Crippen molar-refractivity contribution in [1.82, 2.24) is 4.67 Å². The van der Waals surface area contributed by atoms with E-state index in [0.29, 0.717) is 0 Å². The topological polar surface area (TPSA) is 21.7 Å². The first-order valence-electron chi connectivity index (χ1n) is 5.91. The van der Waals surface area contributed by atoms with E-state index in [1.165, 1.54) is 0 Å². The first-order valence-corrected chi connectivity index (χ1v) is 9.74. The second-order valence-corrected chi connectivity index (χ2v) is 13.2. The maximum atomic E-state index is 6.50. The molecule has 2 heterocycles. The van der Waals surface area contributed by atoms with Crippen LogP contribution in [0.5, 0.6) is 0 Å². The molecular weight excluding hydrogens is 292 g/mol. The zero-order valence-electron chi connectivity index (χ0n) is 11.6. The molecule has 0 atom stereocenters. The summed E-state index contributed by atoms with van der Waals surface area (Å²) in [6.07, 6.45) is 3.69. The Labute approximate surface area is 118 Å². The number of halogens is 2. The number of hydrogen-bond acceptors (Lipinski definition) is 3. The third-order valence-electron chi connectivity index (χ3n) is 2.83. The Kier molecular flexibility index (Phi) is 2.78. The summed E-state index contributed by atoms with van der Waals surface area (Å²) in [5.41, 5.74) is -0.309. The van der Waals surface area contributed by atoms with Gasteiger partial charge < -0.3 is 0 Å². The SMILES string of the molecule is CC(C)(C)C1=CN2C=C(C(C)(C)C)OP2(Cl)(Cl)O1. The molecule has 2 aliphatic rings. The Morgan fingerprint density at radius 3 is 1.44 bits per heavy atom. The molecule has 2 aliphatic heterocycles. The summed E-state index contributed by atoms with van der Waals surface area (Å²) in [7, 11) is 0. The van der Waals surface area contributed by atoms with E-state index in [9.17, 15) is 0 Å². The van der Waals surface area contributed by atoms with Crippen LogP contribution in [-0.2, 0) is 9.05 Å². The molecule has 0 fully saturated rings. The fourth-order valence-electron chi connectivity index (χ4n) is 1.60. The molecule has 0 saturated heterocycles. The van der Waals surface area contributed by atoms with Crippen LogP contribution in [-0.4, -0.2) is 4.67 Å². The Morgan fingerprint density at radius 2 is 1.22 bits per heavy atom. The summed E-state index contributed by atoms with van der Waals surface area (Å²) in [5, 5.41) is 0. The third-order valence-corrected chi connectivity index (χ3v) is 6.65. The van der Waals surface area contributed by atoms with Crippen LogP contribution in [0.15, 0.2) is 23.9 Å². The molecule has 104 valence electrons. The number of hydrogen-bond donors (Lipinski definition) is 0. The predicted octanol–water partition coefficient (Wildman–Crippen LogP) is 5.73. The molecule has 0 saturated carbocycles. The molecular formula is C12H20Cl2NO2P. The van der Waals surface area contributed by atoms with Crippen molar-refractivity contribution in [3.8, 4) is 0 Å². The van der Waals surface area contributed by atoms with Crippen LogP contribution in [0, 0.1) is 10.8 Å². The summed E-state index contributed by atoms with van der Waals surface area (Å²) >= 11 is 13.0. The van der Waals surface area contributed by atoms with E-state index in [4.69, 9.17) is 31.5 Å². The van der Waals surface area contributed by atoms with Crippen LogP contribution >= 0.6 is 28.4 Å². The van der Waals surface area contributed by atoms with E-state index >= 15 is 0 Å². The summed E-state index contributed by atoms with van der Waals surface area (Å²) in [5.74, 6) is -2.30. The van der Waals surface area contributed by atoms with Crippen molar-refractivity contribution in [3.05, 3.63) is 23.9 Å². The quantitative estimate of drug-likeness (QED) is 0.533. The van der Waals surface area contributed by atoms with E-state index in [2.05, 4.69) is 0 Å². The van der Waals surface area contributed by atoms with Gasteiger partial charge in [0, 0.05) is 0 Å². The average Bonchev–Trinajstić information content (AvgIpc) is 2.48. The van der Waals surface area contributed by atoms with Crippen molar-refractivity contribution >= 4 is 28.4 Å². The van der Waals surface area contributed by atoms with Gasteiger partial charge in [0.1, 0.15) is 0 Å². The summed E-state index contributed by atoms with van der Waals surface area (Å²) in [6, 6.07) is 0. The molecule has 0 aliphatic carbocycles. The molecule has 18 heavy (non-hydrogen) atoms. The molecule has 0 aromatic carbocycles. The van der Waals surface area contributed by atoms with E-state index < -0.39 is 5.91 Å². The van der Waals surface area contributed by atoms with Crippen LogP contribution in [0.1, 0.15) is 41.5 Å². The fourth-order valence-corrected chi connectivity index (χ4v) is 5.09. The normalized spacial score (nSPS) is 27.3. The van der Waals surface area contributed by atoms with Gasteiger partial charge in [-0.15, -0.1) is 0 Å². The van der Waals surface area contributed by atoms with Crippen LogP contribution in [0.25, 0.3) is 0 Å². The molecule has 0 bridgehead atoms. The number of nitrogens with zero attached hydrogens (tertiary/aromatic N) is 1. The molecule has 0 spiro atoms. The maximum absolute atomic E-state index is 6.50. The van der Waals surface area contributed by atoms with Gasteiger partial charge in [-0.1, -0.05) is 0 Å². The van der Waals surface area contributed by atoms with Gasteiger partial charge >= 0.3 is 118 Å². The molecule has 0 radical (unpaired) electrons. The van der Waals surface area contributed by atoms with Gasteiger partial charge in [0.15, 0.2) is 0 Å². The summed E-state index contributed by atoms with van der Waals surface area (Å²) in [6.45, 7) is 12.3. The molecule has 0 aromatic rings. The van der Waals surface area contributed by atoms with E-state index in [1.54, 1.807) is 4.67 Å². The third kappa shape index (κ3) is 2.21.